The first-order chi connectivity index (χ1) is 10.6. The SMILES string of the molecule is Cc1cc(CS(=O)CC(=O)N2CCCc3ccccc32)on1. The van der Waals surface area contributed by atoms with Crippen molar-refractivity contribution in [3.63, 3.8) is 0 Å². The Morgan fingerprint density at radius 1 is 1.41 bits per heavy atom. The van der Waals surface area contributed by atoms with E-state index in [1.807, 2.05) is 31.2 Å². The molecule has 0 saturated heterocycles. The third-order valence-corrected chi connectivity index (χ3v) is 4.85. The van der Waals surface area contributed by atoms with Gasteiger partial charge in [0.05, 0.1) is 11.4 Å². The number of nitrogens with zero attached hydrogens (tertiary/aromatic N) is 2. The molecule has 6 heteroatoms. The lowest BCUT2D eigenvalue weighted by Crippen LogP contribution is -2.38. The van der Waals surface area contributed by atoms with Crippen molar-refractivity contribution in [3.8, 4) is 0 Å². The molecule has 0 spiro atoms. The van der Waals surface area contributed by atoms with Gasteiger partial charge in [0.15, 0.2) is 0 Å². The van der Waals surface area contributed by atoms with E-state index in [1.54, 1.807) is 11.0 Å². The van der Waals surface area contributed by atoms with E-state index in [4.69, 9.17) is 4.52 Å². The molecule has 1 aromatic carbocycles. The van der Waals surface area contributed by atoms with Crippen LogP contribution in [-0.2, 0) is 27.8 Å². The molecule has 3 rings (SSSR count). The number of para-hydroxylation sites is 1. The van der Waals surface area contributed by atoms with E-state index in [-0.39, 0.29) is 17.4 Å². The van der Waals surface area contributed by atoms with Crippen LogP contribution in [0.15, 0.2) is 34.9 Å². The summed E-state index contributed by atoms with van der Waals surface area (Å²) in [5.74, 6) is 0.695. The molecule has 1 atom stereocenters. The van der Waals surface area contributed by atoms with Gasteiger partial charge in [-0.25, -0.2) is 0 Å². The van der Waals surface area contributed by atoms with Crippen LogP contribution in [0.4, 0.5) is 5.69 Å². The summed E-state index contributed by atoms with van der Waals surface area (Å²) in [5.41, 5.74) is 2.88. The van der Waals surface area contributed by atoms with Gasteiger partial charge in [-0.3, -0.25) is 9.00 Å². The van der Waals surface area contributed by atoms with E-state index in [2.05, 4.69) is 5.16 Å². The summed E-state index contributed by atoms with van der Waals surface area (Å²) in [7, 11) is -1.29. The predicted octanol–water partition coefficient (Wildman–Crippen LogP) is 2.21. The maximum atomic E-state index is 12.5. The Morgan fingerprint density at radius 3 is 3.00 bits per heavy atom. The molecule has 22 heavy (non-hydrogen) atoms. The van der Waals surface area contributed by atoms with E-state index < -0.39 is 10.8 Å². The average Bonchev–Trinajstić information content (AvgIpc) is 2.91. The highest BCUT2D eigenvalue weighted by molar-refractivity contribution is 7.84. The van der Waals surface area contributed by atoms with Crippen LogP contribution in [0.5, 0.6) is 0 Å². The van der Waals surface area contributed by atoms with Crippen molar-refractivity contribution >= 4 is 22.4 Å². The van der Waals surface area contributed by atoms with Crippen LogP contribution in [-0.4, -0.2) is 27.6 Å². The molecule has 2 aromatic rings. The van der Waals surface area contributed by atoms with Gasteiger partial charge in [-0.2, -0.15) is 0 Å². The molecule has 2 heterocycles. The number of hydrogen-bond donors (Lipinski definition) is 0. The molecule has 1 unspecified atom stereocenters. The number of amides is 1. The molecular weight excluding hydrogens is 300 g/mol. The summed E-state index contributed by atoms with van der Waals surface area (Å²) in [6.45, 7) is 2.50. The van der Waals surface area contributed by atoms with E-state index in [0.717, 1.165) is 24.2 Å². The molecule has 1 aliphatic heterocycles. The van der Waals surface area contributed by atoms with Gasteiger partial charge in [0.1, 0.15) is 11.5 Å². The van der Waals surface area contributed by atoms with Gasteiger partial charge in [-0.05, 0) is 31.4 Å². The molecule has 0 saturated carbocycles. The van der Waals surface area contributed by atoms with Crippen LogP contribution in [0.1, 0.15) is 23.4 Å². The number of fused-ring (bicyclic) bond motifs is 1. The third kappa shape index (κ3) is 3.27. The van der Waals surface area contributed by atoms with Crippen LogP contribution in [0.25, 0.3) is 0 Å². The van der Waals surface area contributed by atoms with Gasteiger partial charge in [0.25, 0.3) is 0 Å². The molecule has 116 valence electrons. The number of benzene rings is 1. The summed E-state index contributed by atoms with van der Waals surface area (Å²) in [4.78, 5) is 14.2. The molecule has 1 aliphatic rings. The first kappa shape index (κ1) is 15.0. The van der Waals surface area contributed by atoms with Gasteiger partial charge in [0, 0.05) is 29.1 Å². The third-order valence-electron chi connectivity index (χ3n) is 3.68. The highest BCUT2D eigenvalue weighted by Gasteiger charge is 2.23. The molecule has 0 radical (unpaired) electrons. The molecule has 5 nitrogen and oxygen atoms in total. The van der Waals surface area contributed by atoms with Gasteiger partial charge >= 0.3 is 0 Å². The highest BCUT2D eigenvalue weighted by Crippen LogP contribution is 2.26. The standard InChI is InChI=1S/C16H18N2O3S/c1-12-9-14(21-17-12)10-22(20)11-16(19)18-8-4-6-13-5-2-3-7-15(13)18/h2-3,5,7,9H,4,6,8,10-11H2,1H3. The maximum absolute atomic E-state index is 12.5. The van der Waals surface area contributed by atoms with Crippen LogP contribution in [0, 0.1) is 6.92 Å². The second kappa shape index (κ2) is 6.44. The van der Waals surface area contributed by atoms with Crippen LogP contribution < -0.4 is 4.90 Å². The number of carbonyl (C=O) groups is 1. The molecule has 1 amide bonds. The number of carbonyl (C=O) groups excluding carboxylic acids is 1. The first-order valence-electron chi connectivity index (χ1n) is 7.29. The van der Waals surface area contributed by atoms with Crippen molar-refractivity contribution in [3.05, 3.63) is 47.3 Å². The van der Waals surface area contributed by atoms with Crippen molar-refractivity contribution in [2.75, 3.05) is 17.2 Å². The van der Waals surface area contributed by atoms with Gasteiger partial charge < -0.3 is 9.42 Å². The molecular formula is C16H18N2O3S. The number of aryl methyl sites for hydroxylation is 2. The van der Waals surface area contributed by atoms with Crippen LogP contribution in [0.2, 0.25) is 0 Å². The molecule has 0 aliphatic carbocycles. The van der Waals surface area contributed by atoms with E-state index in [9.17, 15) is 9.00 Å². The Hall–Kier alpha value is -1.95. The quantitative estimate of drug-likeness (QED) is 0.867. The number of hydrogen-bond acceptors (Lipinski definition) is 4. The number of anilines is 1. The zero-order chi connectivity index (χ0) is 15.5. The van der Waals surface area contributed by atoms with Gasteiger partial charge in [-0.15, -0.1) is 0 Å². The summed E-state index contributed by atoms with van der Waals surface area (Å²) in [6, 6.07) is 9.66. The summed E-state index contributed by atoms with van der Waals surface area (Å²) >= 11 is 0. The van der Waals surface area contributed by atoms with Crippen molar-refractivity contribution < 1.29 is 13.5 Å². The highest BCUT2D eigenvalue weighted by atomic mass is 32.2. The van der Waals surface area contributed by atoms with Crippen molar-refractivity contribution in [1.82, 2.24) is 5.16 Å². The minimum Gasteiger partial charge on any atom is -0.360 e. The Kier molecular flexibility index (Phi) is 4.38. The zero-order valence-corrected chi connectivity index (χ0v) is 13.3. The first-order valence-corrected chi connectivity index (χ1v) is 8.78. The fourth-order valence-corrected chi connectivity index (χ4v) is 3.69. The topological polar surface area (TPSA) is 63.4 Å². The smallest absolute Gasteiger partial charge is 0.239 e. The Bertz CT molecular complexity index is 711. The zero-order valence-electron chi connectivity index (χ0n) is 12.4. The van der Waals surface area contributed by atoms with Crippen LogP contribution >= 0.6 is 0 Å². The van der Waals surface area contributed by atoms with Gasteiger partial charge in [-0.1, -0.05) is 23.4 Å². The van der Waals surface area contributed by atoms with Crippen LogP contribution in [0.3, 0.4) is 0 Å². The predicted molar refractivity (Wildman–Crippen MR) is 85.1 cm³/mol. The summed E-state index contributed by atoms with van der Waals surface area (Å²) in [6.07, 6.45) is 1.93. The lowest BCUT2D eigenvalue weighted by Gasteiger charge is -2.29. The summed E-state index contributed by atoms with van der Waals surface area (Å²) < 4.78 is 17.2. The second-order valence-corrected chi connectivity index (χ2v) is 6.90. The minimum absolute atomic E-state index is 0.00802. The average molecular weight is 318 g/mol. The maximum Gasteiger partial charge on any atom is 0.239 e. The summed E-state index contributed by atoms with van der Waals surface area (Å²) in [5, 5.41) is 3.76. The normalized spacial score (nSPS) is 15.4. The fourth-order valence-electron chi connectivity index (χ4n) is 2.70. The monoisotopic (exact) mass is 318 g/mol. The molecule has 1 aromatic heterocycles. The number of aromatic nitrogens is 1. The fraction of sp³-hybridized carbons (Fsp3) is 0.375. The minimum atomic E-state index is -1.29. The lowest BCUT2D eigenvalue weighted by atomic mass is 10.0. The van der Waals surface area contributed by atoms with Crippen molar-refractivity contribution in [2.45, 2.75) is 25.5 Å². The Morgan fingerprint density at radius 2 is 2.23 bits per heavy atom. The van der Waals surface area contributed by atoms with E-state index in [1.165, 1.54) is 5.56 Å². The number of rotatable bonds is 4. The second-order valence-electron chi connectivity index (χ2n) is 5.44. The van der Waals surface area contributed by atoms with Crippen molar-refractivity contribution in [2.24, 2.45) is 0 Å². The molecule has 0 bridgehead atoms. The van der Waals surface area contributed by atoms with Crippen molar-refractivity contribution in [1.29, 1.82) is 0 Å². The Balaban J connectivity index is 1.66. The van der Waals surface area contributed by atoms with Gasteiger partial charge in [0.2, 0.25) is 5.91 Å². The van der Waals surface area contributed by atoms with E-state index in [0.29, 0.717) is 12.3 Å². The van der Waals surface area contributed by atoms with E-state index >= 15 is 0 Å². The molecule has 0 N–H and O–H groups in total. The lowest BCUT2D eigenvalue weighted by molar-refractivity contribution is -0.116. The Labute approximate surface area is 131 Å². The largest absolute Gasteiger partial charge is 0.360 e. The molecule has 0 fully saturated rings.